The van der Waals surface area contributed by atoms with Crippen LogP contribution in [0.3, 0.4) is 0 Å². The second-order valence-electron chi connectivity index (χ2n) is 6.44. The summed E-state index contributed by atoms with van der Waals surface area (Å²) in [4.78, 5) is 13.9. The minimum absolute atomic E-state index is 0.0681. The van der Waals surface area contributed by atoms with Gasteiger partial charge in [0.2, 0.25) is 10.0 Å². The highest BCUT2D eigenvalue weighted by atomic mass is 32.2. The van der Waals surface area contributed by atoms with Crippen LogP contribution in [0.15, 0.2) is 24.3 Å². The van der Waals surface area contributed by atoms with Crippen molar-refractivity contribution in [3.63, 3.8) is 0 Å². The summed E-state index contributed by atoms with van der Waals surface area (Å²) < 4.78 is 22.4. The number of aryl methyl sites for hydroxylation is 1. The summed E-state index contributed by atoms with van der Waals surface area (Å²) in [6, 6.07) is 8.08. The van der Waals surface area contributed by atoms with Crippen LogP contribution in [0.2, 0.25) is 0 Å². The van der Waals surface area contributed by atoms with Gasteiger partial charge in [-0.15, -0.1) is 0 Å². The highest BCUT2D eigenvalue weighted by molar-refractivity contribution is 7.89. The molecule has 2 atom stereocenters. The number of carbonyl (C=O) groups is 1. The molecule has 6 nitrogen and oxygen atoms in total. The maximum Gasteiger partial charge on any atom is 0.317 e. The third-order valence-corrected chi connectivity index (χ3v) is 5.20. The molecule has 0 bridgehead atoms. The van der Waals surface area contributed by atoms with Crippen molar-refractivity contribution in [1.29, 1.82) is 0 Å². The molecule has 1 aromatic rings. The number of nitrogens with zero attached hydrogens (tertiary/aromatic N) is 1. The van der Waals surface area contributed by atoms with E-state index in [0.29, 0.717) is 19.6 Å². The molecule has 2 rings (SSSR count). The molecule has 1 aliphatic rings. The van der Waals surface area contributed by atoms with Gasteiger partial charge in [0.15, 0.2) is 0 Å². The van der Waals surface area contributed by atoms with E-state index < -0.39 is 10.0 Å². The number of benzene rings is 1. The van der Waals surface area contributed by atoms with E-state index in [-0.39, 0.29) is 23.6 Å². The van der Waals surface area contributed by atoms with Crippen LogP contribution in [0.5, 0.6) is 0 Å². The lowest BCUT2D eigenvalue weighted by molar-refractivity contribution is 0.207. The normalized spacial score (nSPS) is 21.4. The molecule has 23 heavy (non-hydrogen) atoms. The monoisotopic (exact) mass is 339 g/mol. The van der Waals surface area contributed by atoms with Gasteiger partial charge in [-0.1, -0.05) is 36.8 Å². The van der Waals surface area contributed by atoms with E-state index in [1.165, 1.54) is 11.1 Å². The molecule has 0 aliphatic carbocycles. The lowest BCUT2D eigenvalue weighted by atomic mass is 10.0. The van der Waals surface area contributed by atoms with Crippen LogP contribution in [0.1, 0.15) is 18.1 Å². The lowest BCUT2D eigenvalue weighted by Gasteiger charge is -2.17. The minimum Gasteiger partial charge on any atom is -0.338 e. The first-order valence-electron chi connectivity index (χ1n) is 7.83. The van der Waals surface area contributed by atoms with E-state index in [1.54, 1.807) is 4.90 Å². The molecule has 1 fully saturated rings. The Balaban J connectivity index is 1.79. The quantitative estimate of drug-likeness (QED) is 0.841. The maximum atomic E-state index is 12.2. The second kappa shape index (κ2) is 7.31. The summed E-state index contributed by atoms with van der Waals surface area (Å²) in [5.41, 5.74) is 2.39. The van der Waals surface area contributed by atoms with Crippen LogP contribution in [-0.4, -0.2) is 44.7 Å². The summed E-state index contributed by atoms with van der Waals surface area (Å²) in [5.74, 6) is -0.0228. The van der Waals surface area contributed by atoms with E-state index >= 15 is 0 Å². The second-order valence-corrected chi connectivity index (χ2v) is 8.10. The molecular formula is C16H25N3O3S. The number of likely N-dealkylation sites (tertiary alicyclic amines) is 1. The Morgan fingerprint density at radius 3 is 2.57 bits per heavy atom. The van der Waals surface area contributed by atoms with Crippen LogP contribution < -0.4 is 10.5 Å². The summed E-state index contributed by atoms with van der Waals surface area (Å²) in [5, 5.41) is 8.01. The zero-order valence-corrected chi connectivity index (χ0v) is 14.5. The largest absolute Gasteiger partial charge is 0.338 e. The van der Waals surface area contributed by atoms with Gasteiger partial charge >= 0.3 is 6.03 Å². The van der Waals surface area contributed by atoms with Crippen LogP contribution in [0, 0.1) is 18.8 Å². The average molecular weight is 339 g/mol. The molecule has 7 heteroatoms. The van der Waals surface area contributed by atoms with Crippen molar-refractivity contribution in [2.24, 2.45) is 17.0 Å². The van der Waals surface area contributed by atoms with Gasteiger partial charge in [0.25, 0.3) is 0 Å². The van der Waals surface area contributed by atoms with Crippen LogP contribution >= 0.6 is 0 Å². The standard InChI is InChI=1S/C16H25N3O3S/c1-12-3-5-14(6-4-12)7-8-18-16(20)19-9-13(2)15(10-19)11-23(17,21)22/h3-6,13,15H,7-11H2,1-2H3,(H,18,20)(H2,17,21,22)/t13-,15+/m1/s1. The summed E-state index contributed by atoms with van der Waals surface area (Å²) in [6.45, 7) is 5.56. The number of hydrogen-bond acceptors (Lipinski definition) is 3. The fourth-order valence-electron chi connectivity index (χ4n) is 2.90. The lowest BCUT2D eigenvalue weighted by Crippen LogP contribution is -2.39. The number of hydrogen-bond donors (Lipinski definition) is 2. The predicted octanol–water partition coefficient (Wildman–Crippen LogP) is 1.10. The Morgan fingerprint density at radius 2 is 1.96 bits per heavy atom. The van der Waals surface area contributed by atoms with Crippen LogP contribution in [0.25, 0.3) is 0 Å². The highest BCUT2D eigenvalue weighted by Gasteiger charge is 2.34. The number of carbonyl (C=O) groups excluding carboxylic acids is 1. The molecule has 1 heterocycles. The highest BCUT2D eigenvalue weighted by Crippen LogP contribution is 2.23. The van der Waals surface area contributed by atoms with Gasteiger partial charge in [-0.05, 0) is 30.7 Å². The fraction of sp³-hybridized carbons (Fsp3) is 0.562. The number of rotatable bonds is 5. The van der Waals surface area contributed by atoms with Gasteiger partial charge in [-0.2, -0.15) is 0 Å². The third-order valence-electron chi connectivity index (χ3n) is 4.31. The van der Waals surface area contributed by atoms with Gasteiger partial charge in [0, 0.05) is 19.6 Å². The van der Waals surface area contributed by atoms with E-state index in [2.05, 4.69) is 29.6 Å². The first-order chi connectivity index (χ1) is 10.7. The summed E-state index contributed by atoms with van der Waals surface area (Å²) in [6.07, 6.45) is 0.774. The number of primary sulfonamides is 1. The van der Waals surface area contributed by atoms with Gasteiger partial charge in [-0.25, -0.2) is 18.4 Å². The molecule has 0 unspecified atom stereocenters. The Hall–Kier alpha value is -1.60. The molecule has 1 aliphatic heterocycles. The van der Waals surface area contributed by atoms with E-state index in [4.69, 9.17) is 5.14 Å². The van der Waals surface area contributed by atoms with Crippen molar-refractivity contribution in [1.82, 2.24) is 10.2 Å². The first-order valence-corrected chi connectivity index (χ1v) is 9.55. The molecule has 1 saturated heterocycles. The maximum absolute atomic E-state index is 12.2. The number of nitrogens with one attached hydrogen (secondary N) is 1. The molecule has 1 aromatic carbocycles. The number of nitrogens with two attached hydrogens (primary N) is 1. The van der Waals surface area contributed by atoms with Crippen molar-refractivity contribution < 1.29 is 13.2 Å². The Kier molecular flexibility index (Phi) is 5.64. The zero-order valence-electron chi connectivity index (χ0n) is 13.7. The number of sulfonamides is 1. The van der Waals surface area contributed by atoms with Gasteiger partial charge < -0.3 is 10.2 Å². The Bertz CT molecular complexity index is 643. The summed E-state index contributed by atoms with van der Waals surface area (Å²) >= 11 is 0. The zero-order chi connectivity index (χ0) is 17.0. The van der Waals surface area contributed by atoms with E-state index in [1.807, 2.05) is 13.8 Å². The summed E-state index contributed by atoms with van der Waals surface area (Å²) in [7, 11) is -3.50. The minimum atomic E-state index is -3.50. The van der Waals surface area contributed by atoms with E-state index in [9.17, 15) is 13.2 Å². The first kappa shape index (κ1) is 17.7. The Morgan fingerprint density at radius 1 is 1.30 bits per heavy atom. The molecule has 0 aromatic heterocycles. The Labute approximate surface area is 138 Å². The van der Waals surface area contributed by atoms with Gasteiger partial charge in [0.1, 0.15) is 0 Å². The fourth-order valence-corrected chi connectivity index (χ4v) is 3.93. The van der Waals surface area contributed by atoms with Crippen molar-refractivity contribution in [2.45, 2.75) is 20.3 Å². The predicted molar refractivity (Wildman–Crippen MR) is 90.5 cm³/mol. The van der Waals surface area contributed by atoms with Crippen LogP contribution in [0.4, 0.5) is 4.79 Å². The topological polar surface area (TPSA) is 92.5 Å². The molecule has 0 radical (unpaired) electrons. The van der Waals surface area contributed by atoms with Crippen molar-refractivity contribution in [2.75, 3.05) is 25.4 Å². The average Bonchev–Trinajstić information content (AvgIpc) is 2.80. The molecule has 3 N–H and O–H groups in total. The van der Waals surface area contributed by atoms with Crippen molar-refractivity contribution in [3.8, 4) is 0 Å². The van der Waals surface area contributed by atoms with Crippen LogP contribution in [-0.2, 0) is 16.4 Å². The van der Waals surface area contributed by atoms with Gasteiger partial charge in [-0.3, -0.25) is 0 Å². The van der Waals surface area contributed by atoms with Crippen molar-refractivity contribution >= 4 is 16.1 Å². The van der Waals surface area contributed by atoms with Crippen molar-refractivity contribution in [3.05, 3.63) is 35.4 Å². The molecule has 0 spiro atoms. The molecule has 128 valence electrons. The van der Waals surface area contributed by atoms with E-state index in [0.717, 1.165) is 6.42 Å². The van der Waals surface area contributed by atoms with Gasteiger partial charge in [0.05, 0.1) is 5.75 Å². The number of urea groups is 1. The molecule has 2 amide bonds. The number of amides is 2. The molecular weight excluding hydrogens is 314 g/mol. The molecule has 0 saturated carbocycles. The SMILES string of the molecule is Cc1ccc(CCNC(=O)N2C[C@@H](CS(N)(=O)=O)[C@H](C)C2)cc1. The third kappa shape index (κ3) is 5.51. The smallest absolute Gasteiger partial charge is 0.317 e.